The highest BCUT2D eigenvalue weighted by Crippen LogP contribution is 2.31. The van der Waals surface area contributed by atoms with Crippen LogP contribution in [0.5, 0.6) is 0 Å². The lowest BCUT2D eigenvalue weighted by Gasteiger charge is -2.33. The zero-order chi connectivity index (χ0) is 28.9. The first-order valence-corrected chi connectivity index (χ1v) is 14.2. The van der Waals surface area contributed by atoms with Gasteiger partial charge in [-0.1, -0.05) is 56.3 Å². The molecule has 1 aromatic heterocycles. The highest BCUT2D eigenvalue weighted by molar-refractivity contribution is 7.92. The summed E-state index contributed by atoms with van der Waals surface area (Å²) in [7, 11) is -2.59. The summed E-state index contributed by atoms with van der Waals surface area (Å²) in [5.74, 6) is -0.822. The third-order valence-electron chi connectivity index (χ3n) is 6.54. The SMILES string of the molecule is CCCC(=O)N(Cc1ccc(-c2ccccc2S(=O)(=O)Nc2noc(C)c2C)cc1F)C(C(=O)NC)C(C)C. The quantitative estimate of drug-likeness (QED) is 0.349. The van der Waals surface area contributed by atoms with E-state index in [1.165, 1.54) is 30.1 Å². The van der Waals surface area contributed by atoms with E-state index in [4.69, 9.17) is 4.52 Å². The number of aromatic nitrogens is 1. The van der Waals surface area contributed by atoms with Crippen LogP contribution in [0.2, 0.25) is 0 Å². The number of hydrogen-bond donors (Lipinski definition) is 2. The van der Waals surface area contributed by atoms with Crippen molar-refractivity contribution in [1.82, 2.24) is 15.4 Å². The van der Waals surface area contributed by atoms with Crippen LogP contribution in [0.4, 0.5) is 10.2 Å². The standard InChI is InChI=1S/C28H35FN4O5S/c1-7-10-25(34)33(26(17(2)3)28(35)30-6)16-21-14-13-20(15-23(21)29)22-11-8-9-12-24(22)39(36,37)32-27-18(4)19(5)38-31-27/h8-9,11-15,17,26H,7,10,16H2,1-6H3,(H,30,35)(H,31,32). The molecule has 1 unspecified atom stereocenters. The molecule has 0 bridgehead atoms. The molecule has 1 atom stereocenters. The van der Waals surface area contributed by atoms with E-state index in [-0.39, 0.29) is 52.5 Å². The molecule has 0 radical (unpaired) electrons. The van der Waals surface area contributed by atoms with Crippen molar-refractivity contribution >= 4 is 27.7 Å². The molecule has 39 heavy (non-hydrogen) atoms. The second-order valence-electron chi connectivity index (χ2n) is 9.69. The molecular formula is C28H35FN4O5S. The number of carbonyl (C=O) groups excluding carboxylic acids is 2. The number of sulfonamides is 1. The van der Waals surface area contributed by atoms with Gasteiger partial charge in [0, 0.05) is 36.7 Å². The highest BCUT2D eigenvalue weighted by atomic mass is 32.2. The van der Waals surface area contributed by atoms with Crippen LogP contribution in [0.1, 0.15) is 50.5 Å². The molecule has 0 spiro atoms. The summed E-state index contributed by atoms with van der Waals surface area (Å²) >= 11 is 0. The maximum Gasteiger partial charge on any atom is 0.263 e. The lowest BCUT2D eigenvalue weighted by Crippen LogP contribution is -2.51. The van der Waals surface area contributed by atoms with Crippen LogP contribution >= 0.6 is 0 Å². The molecule has 2 N–H and O–H groups in total. The third kappa shape index (κ3) is 6.65. The molecule has 0 aliphatic heterocycles. The molecule has 3 aromatic rings. The number of carbonyl (C=O) groups is 2. The number of nitrogens with zero attached hydrogens (tertiary/aromatic N) is 2. The van der Waals surface area contributed by atoms with Gasteiger partial charge in [0.2, 0.25) is 11.8 Å². The van der Waals surface area contributed by atoms with Gasteiger partial charge in [-0.05, 0) is 43.9 Å². The molecule has 210 valence electrons. The summed E-state index contributed by atoms with van der Waals surface area (Å²) in [6, 6.07) is 9.83. The summed E-state index contributed by atoms with van der Waals surface area (Å²) in [4.78, 5) is 27.0. The number of nitrogens with one attached hydrogen (secondary N) is 2. The predicted octanol–water partition coefficient (Wildman–Crippen LogP) is 4.80. The van der Waals surface area contributed by atoms with Gasteiger partial charge in [0.05, 0.1) is 4.90 Å². The lowest BCUT2D eigenvalue weighted by atomic mass is 9.98. The molecule has 0 saturated heterocycles. The van der Waals surface area contributed by atoms with Crippen molar-refractivity contribution in [2.24, 2.45) is 5.92 Å². The Balaban J connectivity index is 1.98. The van der Waals surface area contributed by atoms with E-state index in [1.807, 2.05) is 20.8 Å². The number of anilines is 1. The average Bonchev–Trinajstić information content (AvgIpc) is 3.20. The first-order chi connectivity index (χ1) is 18.4. The fraction of sp³-hybridized carbons (Fsp3) is 0.393. The Hall–Kier alpha value is -3.73. The molecule has 0 aliphatic carbocycles. The van der Waals surface area contributed by atoms with Gasteiger partial charge in [-0.3, -0.25) is 14.3 Å². The van der Waals surface area contributed by atoms with E-state index in [1.54, 1.807) is 38.1 Å². The van der Waals surface area contributed by atoms with E-state index in [9.17, 15) is 18.0 Å². The number of halogens is 1. The summed E-state index contributed by atoms with van der Waals surface area (Å²) < 4.78 is 49.5. The monoisotopic (exact) mass is 558 g/mol. The van der Waals surface area contributed by atoms with Gasteiger partial charge in [-0.25, -0.2) is 12.8 Å². The fourth-order valence-electron chi connectivity index (χ4n) is 4.31. The van der Waals surface area contributed by atoms with Crippen LogP contribution < -0.4 is 10.0 Å². The minimum absolute atomic E-state index is 0.0589. The number of aryl methyl sites for hydroxylation is 1. The Morgan fingerprint density at radius 3 is 2.38 bits per heavy atom. The number of rotatable bonds is 11. The molecule has 11 heteroatoms. The molecule has 1 heterocycles. The Morgan fingerprint density at radius 2 is 1.82 bits per heavy atom. The van der Waals surface area contributed by atoms with Gasteiger partial charge in [0.25, 0.3) is 10.0 Å². The first-order valence-electron chi connectivity index (χ1n) is 12.8. The number of likely N-dealkylation sites (N-methyl/N-ethyl adjacent to an activating group) is 1. The summed E-state index contributed by atoms with van der Waals surface area (Å²) in [6.45, 7) is 8.78. The van der Waals surface area contributed by atoms with Crippen molar-refractivity contribution in [3.8, 4) is 11.1 Å². The molecule has 0 saturated carbocycles. The molecule has 3 rings (SSSR count). The number of benzene rings is 2. The summed E-state index contributed by atoms with van der Waals surface area (Å²) in [6.07, 6.45) is 0.810. The van der Waals surface area contributed by atoms with Gasteiger partial charge >= 0.3 is 0 Å². The smallest absolute Gasteiger partial charge is 0.263 e. The lowest BCUT2D eigenvalue weighted by molar-refractivity contribution is -0.142. The molecule has 9 nitrogen and oxygen atoms in total. The van der Waals surface area contributed by atoms with Crippen LogP contribution in [0, 0.1) is 25.6 Å². The number of hydrogen-bond acceptors (Lipinski definition) is 6. The molecule has 2 amide bonds. The fourth-order valence-corrected chi connectivity index (χ4v) is 5.60. The first kappa shape index (κ1) is 29.8. The van der Waals surface area contributed by atoms with Crippen molar-refractivity contribution < 1.29 is 26.9 Å². The van der Waals surface area contributed by atoms with Crippen LogP contribution in [-0.2, 0) is 26.2 Å². The van der Waals surface area contributed by atoms with Gasteiger partial charge in [-0.15, -0.1) is 0 Å². The Bertz CT molecular complexity index is 1450. The molecular weight excluding hydrogens is 523 g/mol. The van der Waals surface area contributed by atoms with Gasteiger partial charge < -0.3 is 14.7 Å². The number of amides is 2. The Labute approximate surface area is 228 Å². The minimum atomic E-state index is -4.09. The van der Waals surface area contributed by atoms with Crippen LogP contribution in [0.25, 0.3) is 11.1 Å². The normalized spacial score (nSPS) is 12.3. The molecule has 0 fully saturated rings. The third-order valence-corrected chi connectivity index (χ3v) is 7.93. The van der Waals surface area contributed by atoms with E-state index in [2.05, 4.69) is 15.2 Å². The van der Waals surface area contributed by atoms with Crippen LogP contribution in [-0.4, -0.2) is 43.4 Å². The van der Waals surface area contributed by atoms with Crippen molar-refractivity contribution in [3.05, 3.63) is 65.2 Å². The predicted molar refractivity (Wildman–Crippen MR) is 147 cm³/mol. The zero-order valence-electron chi connectivity index (χ0n) is 23.0. The summed E-state index contributed by atoms with van der Waals surface area (Å²) in [5.41, 5.74) is 1.40. The van der Waals surface area contributed by atoms with Crippen molar-refractivity contribution in [3.63, 3.8) is 0 Å². The van der Waals surface area contributed by atoms with Crippen LogP contribution in [0.3, 0.4) is 0 Å². The largest absolute Gasteiger partial charge is 0.359 e. The van der Waals surface area contributed by atoms with Crippen molar-refractivity contribution in [2.45, 2.75) is 64.9 Å². The van der Waals surface area contributed by atoms with E-state index in [0.717, 1.165) is 0 Å². The van der Waals surface area contributed by atoms with Crippen LogP contribution in [0.15, 0.2) is 51.9 Å². The Morgan fingerprint density at radius 1 is 1.13 bits per heavy atom. The second kappa shape index (κ2) is 12.4. The van der Waals surface area contributed by atoms with Crippen molar-refractivity contribution in [1.29, 1.82) is 0 Å². The Kier molecular flexibility index (Phi) is 9.49. The van der Waals surface area contributed by atoms with E-state index >= 15 is 4.39 Å². The second-order valence-corrected chi connectivity index (χ2v) is 11.3. The summed E-state index contributed by atoms with van der Waals surface area (Å²) in [5, 5.41) is 6.37. The van der Waals surface area contributed by atoms with Crippen molar-refractivity contribution in [2.75, 3.05) is 11.8 Å². The van der Waals surface area contributed by atoms with Gasteiger partial charge in [-0.2, -0.15) is 0 Å². The topological polar surface area (TPSA) is 122 Å². The highest BCUT2D eigenvalue weighted by Gasteiger charge is 2.32. The molecule has 0 aliphatic rings. The van der Waals surface area contributed by atoms with Gasteiger partial charge in [0.1, 0.15) is 17.6 Å². The average molecular weight is 559 g/mol. The zero-order valence-corrected chi connectivity index (χ0v) is 23.9. The van der Waals surface area contributed by atoms with E-state index < -0.39 is 21.9 Å². The van der Waals surface area contributed by atoms with Gasteiger partial charge in [0.15, 0.2) is 5.82 Å². The minimum Gasteiger partial charge on any atom is -0.359 e. The van der Waals surface area contributed by atoms with E-state index in [0.29, 0.717) is 23.3 Å². The molecule has 2 aromatic carbocycles. The maximum absolute atomic E-state index is 15.5. The maximum atomic E-state index is 15.5.